The number of aromatic nitrogens is 2. The Labute approximate surface area is 160 Å². The number of rotatable bonds is 3. The zero-order chi connectivity index (χ0) is 19.0. The summed E-state index contributed by atoms with van der Waals surface area (Å²) in [6.45, 7) is 8.13. The highest BCUT2D eigenvalue weighted by molar-refractivity contribution is 5.79. The molecule has 4 rings (SSSR count). The Morgan fingerprint density at radius 1 is 1.15 bits per heavy atom. The second-order valence-corrected chi connectivity index (χ2v) is 8.48. The molecule has 7 heteroatoms. The normalized spacial score (nSPS) is 26.6. The molecule has 0 bridgehead atoms. The third-order valence-electron chi connectivity index (χ3n) is 6.32. The van der Waals surface area contributed by atoms with Crippen molar-refractivity contribution in [3.8, 4) is 0 Å². The monoisotopic (exact) mass is 374 g/mol. The molecular weight excluding hydrogens is 344 g/mol. The van der Waals surface area contributed by atoms with E-state index in [1.165, 1.54) is 0 Å². The molecule has 4 heterocycles. The molecule has 0 aromatic carbocycles. The van der Waals surface area contributed by atoms with Crippen molar-refractivity contribution in [1.29, 1.82) is 0 Å². The molecule has 1 aromatic heterocycles. The van der Waals surface area contributed by atoms with E-state index in [-0.39, 0.29) is 23.6 Å². The summed E-state index contributed by atoms with van der Waals surface area (Å²) < 4.78 is 5.77. The van der Waals surface area contributed by atoms with Crippen LogP contribution in [0.1, 0.15) is 43.5 Å². The van der Waals surface area contributed by atoms with Gasteiger partial charge in [-0.25, -0.2) is 9.97 Å². The minimum atomic E-state index is -0.338. The average molecular weight is 374 g/mol. The van der Waals surface area contributed by atoms with E-state index >= 15 is 0 Å². The summed E-state index contributed by atoms with van der Waals surface area (Å²) in [5.74, 6) is 0.752. The van der Waals surface area contributed by atoms with Crippen molar-refractivity contribution >= 4 is 11.9 Å². The van der Waals surface area contributed by atoms with Gasteiger partial charge in [0, 0.05) is 50.5 Å². The maximum absolute atomic E-state index is 12.7. The van der Waals surface area contributed by atoms with Gasteiger partial charge in [0.2, 0.25) is 5.95 Å². The Balaban J connectivity index is 1.35. The number of aliphatic hydroxyl groups excluding tert-OH is 1. The molecule has 3 aliphatic rings. The van der Waals surface area contributed by atoms with Crippen LogP contribution < -0.4 is 4.90 Å². The maximum Gasteiger partial charge on any atom is 0.312 e. The number of ether oxygens (including phenoxy) is 1. The van der Waals surface area contributed by atoms with Crippen LogP contribution in [0.2, 0.25) is 0 Å². The fourth-order valence-electron chi connectivity index (χ4n) is 4.72. The van der Waals surface area contributed by atoms with Crippen LogP contribution in [-0.2, 0) is 9.53 Å². The summed E-state index contributed by atoms with van der Waals surface area (Å²) in [5, 5.41) is 9.65. The van der Waals surface area contributed by atoms with Crippen molar-refractivity contribution in [3.05, 3.63) is 17.5 Å². The summed E-state index contributed by atoms with van der Waals surface area (Å²) >= 11 is 0. The van der Waals surface area contributed by atoms with Gasteiger partial charge in [0.05, 0.1) is 11.5 Å². The first-order chi connectivity index (χ1) is 12.9. The number of nitrogens with zero attached hydrogens (tertiary/aromatic N) is 4. The number of carbonyl (C=O) groups excluding carboxylic acids is 1. The van der Waals surface area contributed by atoms with Crippen molar-refractivity contribution in [3.63, 3.8) is 0 Å². The topological polar surface area (TPSA) is 78.8 Å². The predicted octanol–water partition coefficient (Wildman–Crippen LogP) is 1.45. The molecule has 0 amide bonds. The molecule has 7 nitrogen and oxygen atoms in total. The molecule has 3 saturated heterocycles. The largest absolute Gasteiger partial charge is 0.461 e. The number of cyclic esters (lactones) is 1. The average Bonchev–Trinajstić information content (AvgIpc) is 2.92. The summed E-state index contributed by atoms with van der Waals surface area (Å²) in [5.41, 5.74) is 1.62. The Morgan fingerprint density at radius 3 is 2.41 bits per heavy atom. The Hall–Kier alpha value is -1.73. The number of piperidine rings is 2. The predicted molar refractivity (Wildman–Crippen MR) is 102 cm³/mol. The van der Waals surface area contributed by atoms with E-state index < -0.39 is 0 Å². The van der Waals surface area contributed by atoms with Crippen LogP contribution in [0, 0.1) is 19.3 Å². The lowest BCUT2D eigenvalue weighted by molar-refractivity contribution is -0.150. The maximum atomic E-state index is 12.7. The molecule has 3 fully saturated rings. The van der Waals surface area contributed by atoms with E-state index in [1.54, 1.807) is 0 Å². The fraction of sp³-hybridized carbons (Fsp3) is 0.750. The van der Waals surface area contributed by atoms with Gasteiger partial charge >= 0.3 is 5.97 Å². The van der Waals surface area contributed by atoms with Crippen molar-refractivity contribution < 1.29 is 14.6 Å². The van der Waals surface area contributed by atoms with Gasteiger partial charge in [-0.05, 0) is 45.6 Å². The van der Waals surface area contributed by atoms with Gasteiger partial charge in [-0.1, -0.05) is 0 Å². The third-order valence-corrected chi connectivity index (χ3v) is 6.32. The molecule has 0 aliphatic carbocycles. The van der Waals surface area contributed by atoms with Gasteiger partial charge in [-0.2, -0.15) is 0 Å². The van der Waals surface area contributed by atoms with Crippen LogP contribution in [0.4, 0.5) is 5.95 Å². The number of esters is 1. The molecule has 1 N–H and O–H groups in total. The Kier molecular flexibility index (Phi) is 5.07. The standard InChI is InChI=1S/C20H30N4O3/c1-14-11-15(2)22-19(21-14)24-9-5-20(6-10-24)12-17(27-18(20)26)13-23-7-3-16(25)4-8-23/h11,16-17,25H,3-10,12-13H2,1-2H3. The van der Waals surface area contributed by atoms with Gasteiger partial charge in [-0.3, -0.25) is 9.69 Å². The highest BCUT2D eigenvalue weighted by Crippen LogP contribution is 2.43. The van der Waals surface area contributed by atoms with Crippen LogP contribution in [0.5, 0.6) is 0 Å². The van der Waals surface area contributed by atoms with Crippen molar-refractivity contribution in [2.45, 2.75) is 58.2 Å². The number of likely N-dealkylation sites (tertiary alicyclic amines) is 1. The second-order valence-electron chi connectivity index (χ2n) is 8.48. The van der Waals surface area contributed by atoms with Crippen molar-refractivity contribution in [1.82, 2.24) is 14.9 Å². The van der Waals surface area contributed by atoms with E-state index in [1.807, 2.05) is 19.9 Å². The van der Waals surface area contributed by atoms with E-state index in [2.05, 4.69) is 19.8 Å². The summed E-state index contributed by atoms with van der Waals surface area (Å²) in [6.07, 6.45) is 3.86. The lowest BCUT2D eigenvalue weighted by Gasteiger charge is -2.36. The van der Waals surface area contributed by atoms with Gasteiger partial charge in [0.1, 0.15) is 6.10 Å². The molecule has 1 aromatic rings. The quantitative estimate of drug-likeness (QED) is 0.802. The highest BCUT2D eigenvalue weighted by Gasteiger charge is 2.50. The lowest BCUT2D eigenvalue weighted by atomic mass is 9.76. The minimum Gasteiger partial charge on any atom is -0.461 e. The van der Waals surface area contributed by atoms with E-state index in [0.717, 1.165) is 82.2 Å². The van der Waals surface area contributed by atoms with Crippen molar-refractivity contribution in [2.24, 2.45) is 5.41 Å². The van der Waals surface area contributed by atoms with Crippen LogP contribution in [0.3, 0.4) is 0 Å². The molecule has 3 aliphatic heterocycles. The Bertz CT molecular complexity index is 674. The Morgan fingerprint density at radius 2 is 1.78 bits per heavy atom. The molecule has 0 radical (unpaired) electrons. The van der Waals surface area contributed by atoms with E-state index in [9.17, 15) is 9.90 Å². The molecular formula is C20H30N4O3. The molecule has 148 valence electrons. The SMILES string of the molecule is Cc1cc(C)nc(N2CCC3(CC2)CC(CN2CCC(O)CC2)OC3=O)n1. The highest BCUT2D eigenvalue weighted by atomic mass is 16.6. The van der Waals surface area contributed by atoms with Gasteiger partial charge in [-0.15, -0.1) is 0 Å². The lowest BCUT2D eigenvalue weighted by Crippen LogP contribution is -2.43. The second kappa shape index (κ2) is 7.36. The van der Waals surface area contributed by atoms with Gasteiger partial charge in [0.25, 0.3) is 0 Å². The first-order valence-electron chi connectivity index (χ1n) is 10.1. The van der Waals surface area contributed by atoms with Gasteiger partial charge in [0.15, 0.2) is 0 Å². The smallest absolute Gasteiger partial charge is 0.312 e. The molecule has 1 atom stereocenters. The number of anilines is 1. The number of aryl methyl sites for hydroxylation is 2. The third kappa shape index (κ3) is 3.94. The molecule has 0 saturated carbocycles. The fourth-order valence-corrected chi connectivity index (χ4v) is 4.72. The van der Waals surface area contributed by atoms with Crippen LogP contribution in [0.15, 0.2) is 6.07 Å². The van der Waals surface area contributed by atoms with Gasteiger partial charge < -0.3 is 14.7 Å². The zero-order valence-electron chi connectivity index (χ0n) is 16.4. The number of hydrogen-bond acceptors (Lipinski definition) is 7. The molecule has 1 unspecified atom stereocenters. The number of aliphatic hydroxyl groups is 1. The minimum absolute atomic E-state index is 0.0169. The number of carbonyl (C=O) groups is 1. The summed E-state index contributed by atoms with van der Waals surface area (Å²) in [4.78, 5) is 26.3. The molecule has 1 spiro atoms. The van der Waals surface area contributed by atoms with E-state index in [4.69, 9.17) is 4.74 Å². The van der Waals surface area contributed by atoms with Crippen molar-refractivity contribution in [2.75, 3.05) is 37.6 Å². The van der Waals surface area contributed by atoms with Crippen LogP contribution in [0.25, 0.3) is 0 Å². The summed E-state index contributed by atoms with van der Waals surface area (Å²) in [7, 11) is 0. The zero-order valence-corrected chi connectivity index (χ0v) is 16.4. The van der Waals surface area contributed by atoms with Crippen LogP contribution >= 0.6 is 0 Å². The first-order valence-corrected chi connectivity index (χ1v) is 10.1. The number of hydrogen-bond donors (Lipinski definition) is 1. The molecule has 27 heavy (non-hydrogen) atoms. The first kappa shape index (κ1) is 18.6. The van der Waals surface area contributed by atoms with Crippen LogP contribution in [-0.4, -0.2) is 70.9 Å². The summed E-state index contributed by atoms with van der Waals surface area (Å²) in [6, 6.07) is 1.98. The van der Waals surface area contributed by atoms with E-state index in [0.29, 0.717) is 0 Å².